The maximum Gasteiger partial charge on any atom is 0.0594 e. The van der Waals surface area contributed by atoms with Gasteiger partial charge in [-0.25, -0.2) is 0 Å². The molecule has 0 aromatic rings. The monoisotopic (exact) mass is 156 g/mol. The summed E-state index contributed by atoms with van der Waals surface area (Å²) in [5, 5.41) is 0. The summed E-state index contributed by atoms with van der Waals surface area (Å²) in [6, 6.07) is 0. The number of hydrogen-bond acceptors (Lipinski definition) is 2. The number of nitrogens with zero attached hydrogens (tertiary/aromatic N) is 1. The Hall–Kier alpha value is -0.0800. The minimum Gasteiger partial charge on any atom is -0.379 e. The minimum atomic E-state index is 0.303. The molecule has 1 rings (SSSR count). The molecule has 0 N–H and O–H groups in total. The Morgan fingerprint density at radius 2 is 1.73 bits per heavy atom. The van der Waals surface area contributed by atoms with Crippen molar-refractivity contribution in [3.05, 3.63) is 6.54 Å². The van der Waals surface area contributed by atoms with Gasteiger partial charge in [-0.3, -0.25) is 4.90 Å². The van der Waals surface area contributed by atoms with Crippen molar-refractivity contribution in [2.75, 3.05) is 26.3 Å². The predicted molar refractivity (Wildman–Crippen MR) is 46.1 cm³/mol. The third-order valence-electron chi connectivity index (χ3n) is 1.62. The number of ether oxygens (including phenoxy) is 1. The maximum atomic E-state index is 5.25. The molecule has 1 heterocycles. The highest BCUT2D eigenvalue weighted by atomic mass is 16.5. The molecule has 2 nitrogen and oxygen atoms in total. The highest BCUT2D eigenvalue weighted by Crippen LogP contribution is 2.20. The van der Waals surface area contributed by atoms with Gasteiger partial charge >= 0.3 is 0 Å². The molecule has 1 fully saturated rings. The summed E-state index contributed by atoms with van der Waals surface area (Å²) in [7, 11) is 0. The summed E-state index contributed by atoms with van der Waals surface area (Å²) in [5.74, 6) is 0. The zero-order valence-electron chi connectivity index (χ0n) is 7.76. The summed E-state index contributed by atoms with van der Waals surface area (Å²) in [6.07, 6.45) is 0. The van der Waals surface area contributed by atoms with Crippen LogP contribution in [0.25, 0.3) is 0 Å². The Kier molecular flexibility index (Phi) is 2.90. The Bertz CT molecular complexity index is 111. The SMILES string of the molecule is CC(C)(C)[CH]N1CCOCC1. The summed E-state index contributed by atoms with van der Waals surface area (Å²) < 4.78 is 5.25. The van der Waals surface area contributed by atoms with Gasteiger partial charge in [-0.05, 0) is 5.41 Å². The lowest BCUT2D eigenvalue weighted by molar-refractivity contribution is 0.0418. The molecule has 1 saturated heterocycles. The smallest absolute Gasteiger partial charge is 0.0594 e. The summed E-state index contributed by atoms with van der Waals surface area (Å²) in [4.78, 5) is 2.35. The van der Waals surface area contributed by atoms with Gasteiger partial charge in [-0.2, -0.15) is 0 Å². The van der Waals surface area contributed by atoms with Crippen molar-refractivity contribution >= 4 is 0 Å². The molecule has 0 aromatic carbocycles. The second-order valence-corrected chi connectivity index (χ2v) is 4.14. The molecule has 0 amide bonds. The first-order chi connectivity index (χ1) is 5.08. The lowest BCUT2D eigenvalue weighted by Crippen LogP contribution is -2.37. The van der Waals surface area contributed by atoms with Gasteiger partial charge < -0.3 is 4.74 Å². The van der Waals surface area contributed by atoms with Gasteiger partial charge in [0.15, 0.2) is 0 Å². The average molecular weight is 156 g/mol. The fraction of sp³-hybridized carbons (Fsp3) is 0.889. The van der Waals surface area contributed by atoms with Crippen LogP contribution in [-0.2, 0) is 4.74 Å². The molecular weight excluding hydrogens is 138 g/mol. The zero-order valence-corrected chi connectivity index (χ0v) is 7.76. The molecule has 11 heavy (non-hydrogen) atoms. The van der Waals surface area contributed by atoms with E-state index in [4.69, 9.17) is 4.74 Å². The van der Waals surface area contributed by atoms with E-state index in [0.717, 1.165) is 26.3 Å². The second kappa shape index (κ2) is 3.55. The third-order valence-corrected chi connectivity index (χ3v) is 1.62. The number of hydrogen-bond donors (Lipinski definition) is 0. The van der Waals surface area contributed by atoms with Crippen molar-refractivity contribution in [1.29, 1.82) is 0 Å². The predicted octanol–water partition coefficient (Wildman–Crippen LogP) is 1.53. The molecule has 0 saturated carbocycles. The maximum absolute atomic E-state index is 5.25. The van der Waals surface area contributed by atoms with Crippen LogP contribution in [0, 0.1) is 12.0 Å². The van der Waals surface area contributed by atoms with E-state index in [2.05, 4.69) is 32.2 Å². The third kappa shape index (κ3) is 3.73. The van der Waals surface area contributed by atoms with Crippen LogP contribution >= 0.6 is 0 Å². The van der Waals surface area contributed by atoms with Crippen LogP contribution in [0.3, 0.4) is 0 Å². The Morgan fingerprint density at radius 3 is 2.18 bits per heavy atom. The largest absolute Gasteiger partial charge is 0.379 e. The van der Waals surface area contributed by atoms with Crippen LogP contribution in [0.5, 0.6) is 0 Å². The summed E-state index contributed by atoms with van der Waals surface area (Å²) in [6.45, 7) is 12.8. The normalized spacial score (nSPS) is 22.1. The van der Waals surface area contributed by atoms with Gasteiger partial charge in [0.05, 0.1) is 13.2 Å². The summed E-state index contributed by atoms with van der Waals surface area (Å²) >= 11 is 0. The van der Waals surface area contributed by atoms with E-state index < -0.39 is 0 Å². The van der Waals surface area contributed by atoms with Crippen molar-refractivity contribution < 1.29 is 4.74 Å². The first kappa shape index (κ1) is 9.01. The van der Waals surface area contributed by atoms with Gasteiger partial charge in [0.1, 0.15) is 0 Å². The molecular formula is C9H18NO. The molecule has 0 spiro atoms. The van der Waals surface area contributed by atoms with Gasteiger partial charge in [0, 0.05) is 19.6 Å². The highest BCUT2D eigenvalue weighted by molar-refractivity contribution is 4.82. The van der Waals surface area contributed by atoms with Gasteiger partial charge in [-0.15, -0.1) is 0 Å². The van der Waals surface area contributed by atoms with Crippen molar-refractivity contribution in [2.45, 2.75) is 20.8 Å². The first-order valence-electron chi connectivity index (χ1n) is 4.26. The van der Waals surface area contributed by atoms with Crippen molar-refractivity contribution in [2.24, 2.45) is 5.41 Å². The van der Waals surface area contributed by atoms with Crippen molar-refractivity contribution in [1.82, 2.24) is 4.90 Å². The lowest BCUT2D eigenvalue weighted by atomic mass is 9.96. The molecule has 0 unspecified atom stereocenters. The van der Waals surface area contributed by atoms with Gasteiger partial charge in [-0.1, -0.05) is 20.8 Å². The van der Waals surface area contributed by atoms with E-state index in [1.165, 1.54) is 0 Å². The van der Waals surface area contributed by atoms with E-state index in [1.54, 1.807) is 0 Å². The van der Waals surface area contributed by atoms with E-state index in [1.807, 2.05) is 0 Å². The van der Waals surface area contributed by atoms with E-state index in [-0.39, 0.29) is 0 Å². The highest BCUT2D eigenvalue weighted by Gasteiger charge is 2.18. The minimum absolute atomic E-state index is 0.303. The fourth-order valence-electron chi connectivity index (χ4n) is 1.25. The van der Waals surface area contributed by atoms with E-state index in [9.17, 15) is 0 Å². The standard InChI is InChI=1S/C9H18NO/c1-9(2,3)8-10-4-6-11-7-5-10/h8H,4-7H2,1-3H3. The van der Waals surface area contributed by atoms with Crippen LogP contribution in [0.1, 0.15) is 20.8 Å². The molecule has 0 aliphatic carbocycles. The molecule has 1 aliphatic heterocycles. The molecule has 1 radical (unpaired) electrons. The first-order valence-corrected chi connectivity index (χ1v) is 4.26. The number of morpholine rings is 1. The van der Waals surface area contributed by atoms with Crippen LogP contribution in [0.2, 0.25) is 0 Å². The topological polar surface area (TPSA) is 12.5 Å². The Balaban J connectivity index is 2.24. The molecule has 1 aliphatic rings. The average Bonchev–Trinajstić information content (AvgIpc) is 1.85. The zero-order chi connectivity index (χ0) is 8.32. The van der Waals surface area contributed by atoms with Crippen molar-refractivity contribution in [3.63, 3.8) is 0 Å². The molecule has 2 heteroatoms. The molecule has 0 aromatic heterocycles. The van der Waals surface area contributed by atoms with Crippen LogP contribution in [0.15, 0.2) is 0 Å². The quantitative estimate of drug-likeness (QED) is 0.571. The fourth-order valence-corrected chi connectivity index (χ4v) is 1.25. The van der Waals surface area contributed by atoms with Crippen LogP contribution in [-0.4, -0.2) is 31.2 Å². The Labute approximate surface area is 69.5 Å². The number of rotatable bonds is 1. The van der Waals surface area contributed by atoms with Gasteiger partial charge in [0.2, 0.25) is 0 Å². The van der Waals surface area contributed by atoms with E-state index in [0.29, 0.717) is 5.41 Å². The van der Waals surface area contributed by atoms with Crippen LogP contribution in [0.4, 0.5) is 0 Å². The van der Waals surface area contributed by atoms with Crippen LogP contribution < -0.4 is 0 Å². The second-order valence-electron chi connectivity index (χ2n) is 4.14. The molecule has 65 valence electrons. The van der Waals surface area contributed by atoms with Crippen molar-refractivity contribution in [3.8, 4) is 0 Å². The van der Waals surface area contributed by atoms with E-state index >= 15 is 0 Å². The van der Waals surface area contributed by atoms with Gasteiger partial charge in [0.25, 0.3) is 0 Å². The Morgan fingerprint density at radius 1 is 1.18 bits per heavy atom. The summed E-state index contributed by atoms with van der Waals surface area (Å²) in [5.41, 5.74) is 0.303. The lowest BCUT2D eigenvalue weighted by Gasteiger charge is -2.31. The molecule has 0 atom stereocenters. The molecule has 0 bridgehead atoms.